The fraction of sp³-hybridized carbons (Fsp3) is 0.500. The van der Waals surface area contributed by atoms with Gasteiger partial charge < -0.3 is 19.1 Å². The first-order chi connectivity index (χ1) is 39.6. The van der Waals surface area contributed by atoms with Crippen LogP contribution in [0.2, 0.25) is 0 Å². The van der Waals surface area contributed by atoms with Gasteiger partial charge in [-0.15, -0.1) is 22.7 Å². The van der Waals surface area contributed by atoms with Crippen LogP contribution >= 0.6 is 38.6 Å². The summed E-state index contributed by atoms with van der Waals surface area (Å²) in [5, 5.41) is 1.36. The molecule has 4 aromatic heterocycles. The number of thiazole rings is 2. The standard InChI is InChI=1S/C31H37N3O2S.C25H27BrN2O2S.C12H22BNO2/c1-7-20-10-9-11-21(8-2)28(20)34-25-17-31(4,5)18-26(35)23(25)16-24(30(34)36)29-32-27(19(3)37-29)22-12-14-33(6)15-13-22;1-6-15-9-8-10-16(7-2)21(15)28-19-12-25(4,5)13-20(29)17(19)11-18(24(28)30)23-27-22(26)14(3)31-23;1-11(2)12(3,4)16-13(15-11)10-6-8-14(5)9-7-10/h9-12,16H,7-8,13-15,17-18H2,1-6H3;8-11H,6-7,12-13H2,1-5H3;6H,7-9H2,1-5H3. The van der Waals surface area contributed by atoms with Crippen molar-refractivity contribution in [2.24, 2.45) is 10.8 Å². The Morgan fingerprint density at radius 3 is 1.37 bits per heavy atom. The summed E-state index contributed by atoms with van der Waals surface area (Å²) in [5.74, 6) is 0.209. The second kappa shape index (κ2) is 24.9. The maximum atomic E-state index is 14.4. The lowest BCUT2D eigenvalue weighted by atomic mass is 9.75. The van der Waals surface area contributed by atoms with Crippen LogP contribution in [0, 0.1) is 24.7 Å². The van der Waals surface area contributed by atoms with E-state index in [1.807, 2.05) is 22.1 Å². The molecular weight excluding hydrogens is 1150 g/mol. The number of hydrogen-bond donors (Lipinski definition) is 0. The number of ketones is 2. The quantitative estimate of drug-likeness (QED) is 0.122. The highest BCUT2D eigenvalue weighted by Crippen LogP contribution is 2.43. The van der Waals surface area contributed by atoms with E-state index in [0.717, 1.165) is 130 Å². The average Bonchev–Trinajstić information content (AvgIpc) is 3.86. The number of nitrogens with zero attached hydrogens (tertiary/aromatic N) is 6. The van der Waals surface area contributed by atoms with Crippen molar-refractivity contribution in [1.82, 2.24) is 28.9 Å². The molecule has 1 fully saturated rings. The predicted octanol–water partition coefficient (Wildman–Crippen LogP) is 14.5. The molecule has 2 aliphatic carbocycles. The lowest BCUT2D eigenvalue weighted by Gasteiger charge is -2.33. The third-order valence-electron chi connectivity index (χ3n) is 17.9. The maximum Gasteiger partial charge on any atom is 0.490 e. The number of aromatic nitrogens is 4. The summed E-state index contributed by atoms with van der Waals surface area (Å²) in [6.07, 6.45) is 12.1. The Kier molecular flexibility index (Phi) is 18.8. The Morgan fingerprint density at radius 2 is 0.988 bits per heavy atom. The fourth-order valence-corrected chi connectivity index (χ4v) is 14.6. The topological polar surface area (TPSA) is 129 Å². The van der Waals surface area contributed by atoms with Crippen LogP contribution in [-0.2, 0) is 47.8 Å². The summed E-state index contributed by atoms with van der Waals surface area (Å²) in [6.45, 7) is 33.4. The minimum atomic E-state index is -0.220. The number of Topliss-reactive ketones (excluding diaryl/α,β-unsaturated/α-hetero) is 2. The van der Waals surface area contributed by atoms with Crippen molar-refractivity contribution in [1.29, 1.82) is 0 Å². The van der Waals surface area contributed by atoms with E-state index in [1.54, 1.807) is 17.4 Å². The summed E-state index contributed by atoms with van der Waals surface area (Å²) in [4.78, 5) is 71.5. The van der Waals surface area contributed by atoms with Gasteiger partial charge >= 0.3 is 7.12 Å². The molecule has 0 radical (unpaired) electrons. The molecule has 446 valence electrons. The zero-order valence-electron chi connectivity index (χ0n) is 52.6. The van der Waals surface area contributed by atoms with Crippen molar-refractivity contribution in [3.05, 3.63) is 152 Å². The molecule has 7 heterocycles. The molecule has 0 bridgehead atoms. The van der Waals surface area contributed by atoms with Crippen LogP contribution in [0.25, 0.3) is 38.1 Å². The number of carbonyl (C=O) groups is 2. The number of halogens is 1. The zero-order chi connectivity index (χ0) is 61.0. The number of hydrogen-bond acceptors (Lipinski definition) is 12. The maximum absolute atomic E-state index is 14.4. The molecule has 0 amide bonds. The molecule has 84 heavy (non-hydrogen) atoms. The third kappa shape index (κ3) is 12.8. The van der Waals surface area contributed by atoms with E-state index in [0.29, 0.717) is 58.0 Å². The molecule has 0 atom stereocenters. The first-order valence-electron chi connectivity index (χ1n) is 30.2. The molecule has 2 aromatic carbocycles. The SMILES string of the molecule is CCc1cccc(CC)c1-n1c2c(cc(-c3nc(Br)c(C)s3)c1=O)C(=O)CC(C)(C)C2.CCc1cccc(CC)c1-n1c2c(cc(-c3nc(C4=CCN(C)CC4)c(C)s3)c1=O)C(=O)CC(C)(C)C2.CN1CC=C(B2OC(C)(C)C(C)(C)O2)CC1. The number of likely N-dealkylation sites (N-methyl/N-ethyl adjacent to an activating group) is 2. The predicted molar refractivity (Wildman–Crippen MR) is 350 cm³/mol. The summed E-state index contributed by atoms with van der Waals surface area (Å²) >= 11 is 6.51. The Bertz CT molecular complexity index is 3650. The Labute approximate surface area is 515 Å². The van der Waals surface area contributed by atoms with E-state index in [-0.39, 0.29) is 51.8 Å². The highest BCUT2D eigenvalue weighted by Gasteiger charge is 2.52. The highest BCUT2D eigenvalue weighted by atomic mass is 79.9. The highest BCUT2D eigenvalue weighted by molar-refractivity contribution is 9.10. The number of carbonyl (C=O) groups excluding carboxylic acids is 2. The molecule has 0 saturated carbocycles. The molecule has 16 heteroatoms. The molecule has 5 aliphatic rings. The first-order valence-corrected chi connectivity index (χ1v) is 32.6. The Balaban J connectivity index is 0.000000162. The summed E-state index contributed by atoms with van der Waals surface area (Å²) in [6, 6.07) is 16.1. The summed E-state index contributed by atoms with van der Waals surface area (Å²) < 4.78 is 16.5. The van der Waals surface area contributed by atoms with Gasteiger partial charge in [0.15, 0.2) is 11.6 Å². The Morgan fingerprint density at radius 1 is 0.571 bits per heavy atom. The van der Waals surface area contributed by atoms with E-state index in [4.69, 9.17) is 14.3 Å². The normalized spacial score (nSPS) is 18.9. The molecule has 0 N–H and O–H groups in total. The second-order valence-electron chi connectivity index (χ2n) is 26.2. The lowest BCUT2D eigenvalue weighted by Crippen LogP contribution is -2.41. The van der Waals surface area contributed by atoms with E-state index >= 15 is 0 Å². The largest absolute Gasteiger partial charge is 0.490 e. The number of fused-ring (bicyclic) bond motifs is 2. The van der Waals surface area contributed by atoms with Gasteiger partial charge in [-0.25, -0.2) is 9.97 Å². The van der Waals surface area contributed by atoms with Crippen LogP contribution in [0.5, 0.6) is 0 Å². The average molecular weight is 1240 g/mol. The van der Waals surface area contributed by atoms with Crippen molar-refractivity contribution >= 4 is 62.9 Å². The van der Waals surface area contributed by atoms with Crippen LogP contribution in [-0.4, -0.2) is 99.1 Å². The monoisotopic (exact) mass is 1240 g/mol. The van der Waals surface area contributed by atoms with Crippen LogP contribution in [0.4, 0.5) is 0 Å². The van der Waals surface area contributed by atoms with Crippen molar-refractivity contribution in [3.8, 4) is 32.5 Å². The molecule has 0 unspecified atom stereocenters. The molecule has 11 rings (SSSR count). The Hall–Kier alpha value is -5.20. The van der Waals surface area contributed by atoms with Gasteiger partial charge in [0, 0.05) is 71.3 Å². The lowest BCUT2D eigenvalue weighted by molar-refractivity contribution is 0.00578. The van der Waals surface area contributed by atoms with Crippen LogP contribution in [0.1, 0.15) is 179 Å². The van der Waals surface area contributed by atoms with E-state index in [2.05, 4.69) is 183 Å². The number of rotatable bonds is 10. The van der Waals surface area contributed by atoms with Gasteiger partial charge in [-0.2, -0.15) is 0 Å². The van der Waals surface area contributed by atoms with Gasteiger partial charge in [0.2, 0.25) is 0 Å². The van der Waals surface area contributed by atoms with E-state index < -0.39 is 0 Å². The number of aryl methyl sites for hydroxylation is 6. The van der Waals surface area contributed by atoms with Gasteiger partial charge in [0.1, 0.15) is 14.6 Å². The minimum absolute atomic E-state index is 0.0718. The molecule has 1 saturated heterocycles. The molecule has 12 nitrogen and oxygen atoms in total. The molecular formula is C68H86BBrN6O6S2. The van der Waals surface area contributed by atoms with Crippen molar-refractivity contribution < 1.29 is 18.9 Å². The van der Waals surface area contributed by atoms with E-state index in [1.165, 1.54) is 22.4 Å². The number of para-hydroxylation sites is 2. The van der Waals surface area contributed by atoms with Gasteiger partial charge in [0.05, 0.1) is 39.4 Å². The second-order valence-corrected chi connectivity index (χ2v) is 29.3. The molecule has 6 aromatic rings. The third-order valence-corrected chi connectivity index (χ3v) is 20.9. The number of pyridine rings is 2. The molecule has 0 spiro atoms. The zero-order valence-corrected chi connectivity index (χ0v) is 55.8. The van der Waals surface area contributed by atoms with E-state index in [9.17, 15) is 19.2 Å². The van der Waals surface area contributed by atoms with Crippen molar-refractivity contribution in [2.45, 2.75) is 172 Å². The van der Waals surface area contributed by atoms with Gasteiger partial charge in [0.25, 0.3) is 11.1 Å². The van der Waals surface area contributed by atoms with Gasteiger partial charge in [-0.1, -0.05) is 104 Å². The molecule has 3 aliphatic heterocycles. The fourth-order valence-electron chi connectivity index (χ4n) is 12.3. The smallest absolute Gasteiger partial charge is 0.400 e. The summed E-state index contributed by atoms with van der Waals surface area (Å²) in [7, 11) is 4.12. The minimum Gasteiger partial charge on any atom is -0.400 e. The van der Waals surface area contributed by atoms with Crippen LogP contribution in [0.15, 0.2) is 80.3 Å². The first kappa shape index (κ1) is 63.3. The van der Waals surface area contributed by atoms with Crippen molar-refractivity contribution in [3.63, 3.8) is 0 Å². The van der Waals surface area contributed by atoms with Crippen LogP contribution < -0.4 is 11.1 Å². The summed E-state index contributed by atoms with van der Waals surface area (Å²) in [5.41, 5.74) is 13.0. The van der Waals surface area contributed by atoms with Gasteiger partial charge in [-0.05, 0) is 179 Å². The van der Waals surface area contributed by atoms with Crippen molar-refractivity contribution in [2.75, 3.05) is 40.3 Å². The van der Waals surface area contributed by atoms with Gasteiger partial charge in [-0.3, -0.25) is 28.3 Å². The van der Waals surface area contributed by atoms with Crippen LogP contribution in [0.3, 0.4) is 0 Å². The number of benzene rings is 2.